The van der Waals surface area contributed by atoms with Gasteiger partial charge in [0.1, 0.15) is 11.3 Å². The van der Waals surface area contributed by atoms with Crippen molar-refractivity contribution >= 4 is 17.0 Å². The Labute approximate surface area is 223 Å². The molecule has 38 heavy (non-hydrogen) atoms. The standard InChI is InChI=1S/C31H35N3O4/c1-20-9-12-24(17-25(20)19-37-18-22-10-13-26(36-4)14-11-22)30(38-31(35)23-7-5-6-8-23)27-15-16-28-29(21(27)2)32-33-34(28)3/h9-17,23,30H,5-8,18-19H2,1-4H3. The summed E-state index contributed by atoms with van der Waals surface area (Å²) in [6.07, 6.45) is 3.42. The zero-order valence-corrected chi connectivity index (χ0v) is 22.6. The maximum Gasteiger partial charge on any atom is 0.309 e. The fourth-order valence-corrected chi connectivity index (χ4v) is 5.23. The van der Waals surface area contributed by atoms with Crippen molar-refractivity contribution in [2.24, 2.45) is 13.0 Å². The van der Waals surface area contributed by atoms with Crippen LogP contribution in [0, 0.1) is 19.8 Å². The molecule has 7 nitrogen and oxygen atoms in total. The van der Waals surface area contributed by atoms with E-state index in [-0.39, 0.29) is 11.9 Å². The molecule has 198 valence electrons. The van der Waals surface area contributed by atoms with Crippen molar-refractivity contribution in [1.29, 1.82) is 0 Å². The minimum Gasteiger partial charge on any atom is -0.497 e. The summed E-state index contributed by atoms with van der Waals surface area (Å²) in [7, 11) is 3.54. The molecule has 0 spiro atoms. The molecule has 1 saturated carbocycles. The van der Waals surface area contributed by atoms with E-state index in [1.807, 2.05) is 50.4 Å². The third-order valence-corrected chi connectivity index (χ3v) is 7.65. The lowest BCUT2D eigenvalue weighted by molar-refractivity contribution is -0.152. The van der Waals surface area contributed by atoms with Crippen LogP contribution in [0.2, 0.25) is 0 Å². The highest BCUT2D eigenvalue weighted by atomic mass is 16.5. The van der Waals surface area contributed by atoms with Crippen LogP contribution in [-0.4, -0.2) is 28.1 Å². The average molecular weight is 514 g/mol. The SMILES string of the molecule is COc1ccc(COCc2cc(C(OC(=O)C3CCCC3)c3ccc4c(nnn4C)c3C)ccc2C)cc1. The fourth-order valence-electron chi connectivity index (χ4n) is 5.23. The number of hydrogen-bond acceptors (Lipinski definition) is 6. The first kappa shape index (κ1) is 25.9. The number of carbonyl (C=O) groups is 1. The number of carbonyl (C=O) groups excluding carboxylic acids is 1. The van der Waals surface area contributed by atoms with Gasteiger partial charge in [-0.1, -0.05) is 48.4 Å². The molecule has 0 radical (unpaired) electrons. The lowest BCUT2D eigenvalue weighted by Crippen LogP contribution is -2.20. The van der Waals surface area contributed by atoms with Gasteiger partial charge in [0.2, 0.25) is 0 Å². The monoisotopic (exact) mass is 513 g/mol. The van der Waals surface area contributed by atoms with Crippen LogP contribution >= 0.6 is 0 Å². The highest BCUT2D eigenvalue weighted by Crippen LogP contribution is 2.35. The quantitative estimate of drug-likeness (QED) is 0.251. The maximum absolute atomic E-state index is 13.2. The minimum atomic E-state index is -0.532. The van der Waals surface area contributed by atoms with Gasteiger partial charge in [-0.05, 0) is 78.8 Å². The molecule has 7 heteroatoms. The Morgan fingerprint density at radius 2 is 1.79 bits per heavy atom. The van der Waals surface area contributed by atoms with Crippen molar-refractivity contribution in [3.8, 4) is 5.75 Å². The number of ether oxygens (including phenoxy) is 3. The molecular formula is C31H35N3O4. The van der Waals surface area contributed by atoms with Crippen molar-refractivity contribution in [2.45, 2.75) is 58.8 Å². The van der Waals surface area contributed by atoms with Crippen LogP contribution in [0.5, 0.6) is 5.75 Å². The number of rotatable bonds is 9. The van der Waals surface area contributed by atoms with Gasteiger partial charge in [0, 0.05) is 12.6 Å². The highest BCUT2D eigenvalue weighted by Gasteiger charge is 2.29. The second-order valence-electron chi connectivity index (χ2n) is 10.2. The first-order valence-electron chi connectivity index (χ1n) is 13.2. The van der Waals surface area contributed by atoms with Gasteiger partial charge in [0.15, 0.2) is 6.10 Å². The van der Waals surface area contributed by atoms with Crippen molar-refractivity contribution in [3.05, 3.63) is 88.0 Å². The summed E-state index contributed by atoms with van der Waals surface area (Å²) >= 11 is 0. The molecule has 4 aromatic rings. The van der Waals surface area contributed by atoms with E-state index >= 15 is 0 Å². The van der Waals surface area contributed by atoms with Crippen LogP contribution in [0.25, 0.3) is 11.0 Å². The molecule has 0 aliphatic heterocycles. The molecule has 1 fully saturated rings. The Morgan fingerprint density at radius 1 is 1.03 bits per heavy atom. The summed E-state index contributed by atoms with van der Waals surface area (Å²) in [4.78, 5) is 13.2. The summed E-state index contributed by atoms with van der Waals surface area (Å²) < 4.78 is 19.4. The van der Waals surface area contributed by atoms with Gasteiger partial charge in [0.25, 0.3) is 0 Å². The van der Waals surface area contributed by atoms with Crippen LogP contribution < -0.4 is 4.74 Å². The summed E-state index contributed by atoms with van der Waals surface area (Å²) in [6, 6.07) is 18.2. The Bertz CT molecular complexity index is 1420. The first-order valence-corrected chi connectivity index (χ1v) is 13.2. The van der Waals surface area contributed by atoms with Gasteiger partial charge in [0.05, 0.1) is 31.8 Å². The summed E-state index contributed by atoms with van der Waals surface area (Å²) in [5.74, 6) is 0.672. The molecule has 1 aromatic heterocycles. The highest BCUT2D eigenvalue weighted by molar-refractivity contribution is 5.80. The van der Waals surface area contributed by atoms with Gasteiger partial charge in [-0.3, -0.25) is 4.79 Å². The van der Waals surface area contributed by atoms with E-state index in [2.05, 4.69) is 35.4 Å². The van der Waals surface area contributed by atoms with E-state index in [1.165, 1.54) is 0 Å². The van der Waals surface area contributed by atoms with Crippen LogP contribution in [-0.2, 0) is 34.5 Å². The zero-order chi connectivity index (χ0) is 26.6. The smallest absolute Gasteiger partial charge is 0.309 e. The predicted octanol–water partition coefficient (Wildman–Crippen LogP) is 6.13. The van der Waals surface area contributed by atoms with Gasteiger partial charge >= 0.3 is 5.97 Å². The van der Waals surface area contributed by atoms with E-state index in [0.717, 1.165) is 75.8 Å². The Morgan fingerprint density at radius 3 is 2.53 bits per heavy atom. The molecule has 0 bridgehead atoms. The topological polar surface area (TPSA) is 75.5 Å². The van der Waals surface area contributed by atoms with Gasteiger partial charge in [-0.25, -0.2) is 4.68 Å². The number of benzene rings is 3. The zero-order valence-electron chi connectivity index (χ0n) is 22.6. The number of esters is 1. The van der Waals surface area contributed by atoms with E-state index in [4.69, 9.17) is 14.2 Å². The Balaban J connectivity index is 1.42. The molecule has 0 amide bonds. The summed E-state index contributed by atoms with van der Waals surface area (Å²) in [5.41, 5.74) is 7.87. The molecule has 1 aliphatic carbocycles. The molecule has 1 atom stereocenters. The van der Waals surface area contributed by atoms with Gasteiger partial charge in [-0.15, -0.1) is 5.10 Å². The molecular weight excluding hydrogens is 478 g/mol. The van der Waals surface area contributed by atoms with Crippen LogP contribution in [0.15, 0.2) is 54.6 Å². The molecule has 1 heterocycles. The number of hydrogen-bond donors (Lipinski definition) is 0. The molecule has 0 N–H and O–H groups in total. The number of aromatic nitrogens is 3. The molecule has 1 aliphatic rings. The van der Waals surface area contributed by atoms with E-state index < -0.39 is 6.10 Å². The number of methoxy groups -OCH3 is 1. The average Bonchev–Trinajstić information content (AvgIpc) is 3.60. The summed E-state index contributed by atoms with van der Waals surface area (Å²) in [6.45, 7) is 5.05. The third kappa shape index (κ3) is 5.43. The van der Waals surface area contributed by atoms with Crippen LogP contribution in [0.3, 0.4) is 0 Å². The molecule has 3 aromatic carbocycles. The molecule has 0 saturated heterocycles. The lowest BCUT2D eigenvalue weighted by Gasteiger charge is -2.23. The predicted molar refractivity (Wildman–Crippen MR) is 146 cm³/mol. The molecule has 1 unspecified atom stereocenters. The van der Waals surface area contributed by atoms with Gasteiger partial charge in [-0.2, -0.15) is 0 Å². The van der Waals surface area contributed by atoms with Crippen LogP contribution in [0.1, 0.15) is 65.2 Å². The number of fused-ring (bicyclic) bond motifs is 1. The second-order valence-corrected chi connectivity index (χ2v) is 10.2. The molecule has 5 rings (SSSR count). The Kier molecular flexibility index (Phi) is 7.74. The second kappa shape index (κ2) is 11.4. The normalized spacial score (nSPS) is 14.6. The fraction of sp³-hybridized carbons (Fsp3) is 0.387. The third-order valence-electron chi connectivity index (χ3n) is 7.65. The Hall–Kier alpha value is -3.71. The minimum absolute atomic E-state index is 0.0317. The lowest BCUT2D eigenvalue weighted by atomic mass is 9.93. The number of aryl methyl sites for hydroxylation is 3. The van der Waals surface area contributed by atoms with E-state index in [9.17, 15) is 4.79 Å². The largest absolute Gasteiger partial charge is 0.497 e. The van der Waals surface area contributed by atoms with Crippen molar-refractivity contribution in [3.63, 3.8) is 0 Å². The van der Waals surface area contributed by atoms with Crippen molar-refractivity contribution in [1.82, 2.24) is 15.0 Å². The number of nitrogens with zero attached hydrogens (tertiary/aromatic N) is 3. The van der Waals surface area contributed by atoms with E-state index in [1.54, 1.807) is 11.8 Å². The van der Waals surface area contributed by atoms with Gasteiger partial charge < -0.3 is 14.2 Å². The van der Waals surface area contributed by atoms with Crippen molar-refractivity contribution in [2.75, 3.05) is 7.11 Å². The summed E-state index contributed by atoms with van der Waals surface area (Å²) in [5, 5.41) is 8.55. The first-order chi connectivity index (χ1) is 18.4. The van der Waals surface area contributed by atoms with Crippen molar-refractivity contribution < 1.29 is 19.0 Å². The van der Waals surface area contributed by atoms with Crippen LogP contribution in [0.4, 0.5) is 0 Å². The van der Waals surface area contributed by atoms with E-state index in [0.29, 0.717) is 13.2 Å². The maximum atomic E-state index is 13.2.